The maximum absolute atomic E-state index is 14.0. The third-order valence-electron chi connectivity index (χ3n) is 6.91. The number of aliphatic hydroxyl groups excluding tert-OH is 1. The summed E-state index contributed by atoms with van der Waals surface area (Å²) in [6.07, 6.45) is 1.11. The van der Waals surface area contributed by atoms with Gasteiger partial charge in [-0.05, 0) is 44.1 Å². The SMILES string of the molecule is CC(C)Nc1nc(CO)c(CO[Si](C)(C)C(C)(C)C)nc1N1CCC(Oc2ccc(F)cc2F)CC1. The number of hydrogen-bond acceptors (Lipinski definition) is 7. The standard InChI is InChI=1S/C26H40F2N4O3Si/c1-17(2)29-24-25(31-22(21(15-33)30-24)16-34-36(6,7)26(3,4)5)32-12-10-19(11-13-32)35-23-9-8-18(27)14-20(23)28/h8-9,14,17,19,33H,10-13,15-16H2,1-7H3,(H,29,30). The van der Waals surface area contributed by atoms with Crippen molar-refractivity contribution in [1.29, 1.82) is 0 Å². The van der Waals surface area contributed by atoms with Gasteiger partial charge in [0.15, 0.2) is 31.5 Å². The summed E-state index contributed by atoms with van der Waals surface area (Å²) in [5, 5.41) is 13.4. The van der Waals surface area contributed by atoms with Gasteiger partial charge in [-0.3, -0.25) is 0 Å². The van der Waals surface area contributed by atoms with Crippen molar-refractivity contribution in [1.82, 2.24) is 9.97 Å². The Morgan fingerprint density at radius 2 is 1.81 bits per heavy atom. The second kappa shape index (κ2) is 11.4. The number of nitrogens with one attached hydrogen (secondary N) is 1. The lowest BCUT2D eigenvalue weighted by atomic mass is 10.1. The van der Waals surface area contributed by atoms with Crippen LogP contribution in [0.1, 0.15) is 58.8 Å². The van der Waals surface area contributed by atoms with Crippen LogP contribution < -0.4 is 15.0 Å². The fraction of sp³-hybridized carbons (Fsp3) is 0.615. The molecule has 2 N–H and O–H groups in total. The number of nitrogens with zero attached hydrogens (tertiary/aromatic N) is 3. The summed E-state index contributed by atoms with van der Waals surface area (Å²) in [6, 6.07) is 3.49. The first kappa shape index (κ1) is 28.3. The van der Waals surface area contributed by atoms with Crippen LogP contribution in [-0.2, 0) is 17.6 Å². The predicted octanol–water partition coefficient (Wildman–Crippen LogP) is 5.64. The molecule has 36 heavy (non-hydrogen) atoms. The van der Waals surface area contributed by atoms with Crippen LogP contribution in [0.5, 0.6) is 5.75 Å². The van der Waals surface area contributed by atoms with Crippen molar-refractivity contribution in [3.05, 3.63) is 41.2 Å². The number of aliphatic hydroxyl groups is 1. The zero-order chi connectivity index (χ0) is 26.7. The minimum Gasteiger partial charge on any atom is -0.487 e. The Labute approximate surface area is 214 Å². The fourth-order valence-electron chi connectivity index (χ4n) is 3.73. The maximum Gasteiger partial charge on any atom is 0.192 e. The number of halogens is 2. The average molecular weight is 523 g/mol. The predicted molar refractivity (Wildman–Crippen MR) is 141 cm³/mol. The molecule has 0 bridgehead atoms. The van der Waals surface area contributed by atoms with Crippen LogP contribution in [0, 0.1) is 11.6 Å². The van der Waals surface area contributed by atoms with Gasteiger partial charge in [-0.1, -0.05) is 20.8 Å². The molecule has 0 radical (unpaired) electrons. The molecule has 0 saturated carbocycles. The highest BCUT2D eigenvalue weighted by molar-refractivity contribution is 6.74. The van der Waals surface area contributed by atoms with Gasteiger partial charge in [0.05, 0.1) is 24.6 Å². The molecule has 1 aliphatic heterocycles. The van der Waals surface area contributed by atoms with Crippen LogP contribution in [0.25, 0.3) is 0 Å². The molecule has 0 unspecified atom stereocenters. The van der Waals surface area contributed by atoms with Gasteiger partial charge in [0.2, 0.25) is 0 Å². The second-order valence-corrected chi connectivity index (χ2v) is 16.0. The van der Waals surface area contributed by atoms with E-state index in [-0.39, 0.29) is 36.1 Å². The number of anilines is 2. The molecule has 7 nitrogen and oxygen atoms in total. The van der Waals surface area contributed by atoms with Crippen molar-refractivity contribution in [2.45, 2.75) is 91.0 Å². The topological polar surface area (TPSA) is 79.7 Å². The van der Waals surface area contributed by atoms with E-state index >= 15 is 0 Å². The lowest BCUT2D eigenvalue weighted by molar-refractivity contribution is 0.163. The first-order chi connectivity index (χ1) is 16.8. The van der Waals surface area contributed by atoms with Crippen LogP contribution in [0.4, 0.5) is 20.4 Å². The van der Waals surface area contributed by atoms with Gasteiger partial charge in [0, 0.05) is 38.0 Å². The monoisotopic (exact) mass is 522 g/mol. The lowest BCUT2D eigenvalue weighted by Crippen LogP contribution is -2.41. The van der Waals surface area contributed by atoms with Gasteiger partial charge < -0.3 is 24.5 Å². The van der Waals surface area contributed by atoms with E-state index in [1.54, 1.807) is 0 Å². The van der Waals surface area contributed by atoms with Gasteiger partial charge in [-0.2, -0.15) is 0 Å². The minimum atomic E-state index is -2.02. The molecular weight excluding hydrogens is 482 g/mol. The van der Waals surface area contributed by atoms with E-state index in [1.165, 1.54) is 12.1 Å². The Balaban J connectivity index is 1.80. The first-order valence-corrected chi connectivity index (χ1v) is 15.5. The average Bonchev–Trinajstić information content (AvgIpc) is 2.79. The molecule has 1 aliphatic rings. The normalized spacial score (nSPS) is 15.5. The number of piperidine rings is 1. The first-order valence-electron chi connectivity index (χ1n) is 12.6. The van der Waals surface area contributed by atoms with E-state index in [0.29, 0.717) is 49.0 Å². The Morgan fingerprint density at radius 1 is 1.14 bits per heavy atom. The molecule has 1 aromatic heterocycles. The largest absolute Gasteiger partial charge is 0.487 e. The lowest BCUT2D eigenvalue weighted by Gasteiger charge is -2.36. The van der Waals surface area contributed by atoms with Crippen molar-refractivity contribution in [3.63, 3.8) is 0 Å². The van der Waals surface area contributed by atoms with Gasteiger partial charge in [-0.15, -0.1) is 0 Å². The van der Waals surface area contributed by atoms with Crippen LogP contribution in [0.2, 0.25) is 18.1 Å². The highest BCUT2D eigenvalue weighted by Crippen LogP contribution is 2.37. The fourth-order valence-corrected chi connectivity index (χ4v) is 4.66. The van der Waals surface area contributed by atoms with Crippen LogP contribution in [-0.4, -0.2) is 48.6 Å². The molecule has 1 aromatic carbocycles. The molecule has 1 fully saturated rings. The molecule has 2 aromatic rings. The number of aromatic nitrogens is 2. The summed E-state index contributed by atoms with van der Waals surface area (Å²) in [6.45, 7) is 16.3. The molecule has 0 amide bonds. The van der Waals surface area contributed by atoms with E-state index in [9.17, 15) is 13.9 Å². The van der Waals surface area contributed by atoms with Crippen molar-refractivity contribution < 1.29 is 23.1 Å². The van der Waals surface area contributed by atoms with Crippen LogP contribution in [0.15, 0.2) is 18.2 Å². The summed E-state index contributed by atoms with van der Waals surface area (Å²) in [5.74, 6) is 0.0696. The highest BCUT2D eigenvalue weighted by Gasteiger charge is 2.37. The second-order valence-electron chi connectivity index (χ2n) is 11.2. The molecule has 2 heterocycles. The highest BCUT2D eigenvalue weighted by atomic mass is 28.4. The molecular formula is C26H40F2N4O3Si. The Morgan fingerprint density at radius 3 is 2.36 bits per heavy atom. The van der Waals surface area contributed by atoms with Gasteiger partial charge in [-0.25, -0.2) is 18.7 Å². The summed E-state index contributed by atoms with van der Waals surface area (Å²) in [5.41, 5.74) is 1.14. The molecule has 3 rings (SSSR count). The summed E-state index contributed by atoms with van der Waals surface area (Å²) in [7, 11) is -2.02. The van der Waals surface area contributed by atoms with Gasteiger partial charge in [0.1, 0.15) is 11.9 Å². The van der Waals surface area contributed by atoms with Gasteiger partial charge >= 0.3 is 0 Å². The molecule has 10 heteroatoms. The molecule has 200 valence electrons. The van der Waals surface area contributed by atoms with E-state index in [1.807, 2.05) is 13.8 Å². The van der Waals surface area contributed by atoms with E-state index in [2.05, 4.69) is 44.1 Å². The Kier molecular flexibility index (Phi) is 8.95. The zero-order valence-electron chi connectivity index (χ0n) is 22.5. The molecule has 0 spiro atoms. The summed E-state index contributed by atoms with van der Waals surface area (Å²) in [4.78, 5) is 11.8. The van der Waals surface area contributed by atoms with Gasteiger partial charge in [0.25, 0.3) is 0 Å². The number of benzene rings is 1. The van der Waals surface area contributed by atoms with Crippen molar-refractivity contribution in [2.75, 3.05) is 23.3 Å². The third kappa shape index (κ3) is 6.92. The molecule has 0 atom stereocenters. The maximum atomic E-state index is 14.0. The van der Waals surface area contributed by atoms with Crippen LogP contribution >= 0.6 is 0 Å². The quantitative estimate of drug-likeness (QED) is 0.413. The van der Waals surface area contributed by atoms with Crippen LogP contribution in [0.3, 0.4) is 0 Å². The van der Waals surface area contributed by atoms with E-state index in [0.717, 1.165) is 6.07 Å². The zero-order valence-corrected chi connectivity index (χ0v) is 23.5. The van der Waals surface area contributed by atoms with E-state index in [4.69, 9.17) is 19.1 Å². The number of ether oxygens (including phenoxy) is 1. The summed E-state index contributed by atoms with van der Waals surface area (Å²) < 4.78 is 39.5. The van der Waals surface area contributed by atoms with Crippen molar-refractivity contribution in [2.24, 2.45) is 0 Å². The van der Waals surface area contributed by atoms with Crippen molar-refractivity contribution >= 4 is 20.0 Å². The third-order valence-corrected chi connectivity index (χ3v) is 11.4. The Hall–Kier alpha value is -2.30. The number of rotatable bonds is 9. The van der Waals surface area contributed by atoms with Crippen molar-refractivity contribution in [3.8, 4) is 5.75 Å². The molecule has 0 aliphatic carbocycles. The minimum absolute atomic E-state index is 0.0493. The number of hydrogen-bond donors (Lipinski definition) is 2. The molecule has 1 saturated heterocycles. The van der Waals surface area contributed by atoms with E-state index < -0.39 is 20.0 Å². The smallest absolute Gasteiger partial charge is 0.192 e. The Bertz CT molecular complexity index is 1040. The summed E-state index contributed by atoms with van der Waals surface area (Å²) >= 11 is 0.